The van der Waals surface area contributed by atoms with Crippen LogP contribution in [0, 0.1) is 13.8 Å². The Balaban J connectivity index is 2.02. The lowest BCUT2D eigenvalue weighted by atomic mass is 10.1. The molecule has 3 N–H and O–H groups in total. The SMILES string of the molecule is C=CC(=O)Nc1cc(C)ccc1Nc1nc(Nc2cc(OI)ncc2C)ncc1C(F)(F)F. The van der Waals surface area contributed by atoms with Gasteiger partial charge in [0.2, 0.25) is 17.7 Å². The van der Waals surface area contributed by atoms with Gasteiger partial charge < -0.3 is 19.0 Å². The van der Waals surface area contributed by atoms with E-state index in [0.717, 1.165) is 11.6 Å². The topological polar surface area (TPSA) is 101 Å². The second-order valence-electron chi connectivity index (χ2n) is 6.86. The van der Waals surface area contributed by atoms with E-state index in [-0.39, 0.29) is 17.3 Å². The first-order valence-electron chi connectivity index (χ1n) is 9.38. The second kappa shape index (κ2) is 10.0. The molecule has 0 saturated heterocycles. The van der Waals surface area contributed by atoms with Crippen molar-refractivity contribution in [2.24, 2.45) is 0 Å². The first kappa shape index (κ1) is 24.2. The van der Waals surface area contributed by atoms with E-state index in [1.807, 2.05) is 0 Å². The van der Waals surface area contributed by atoms with Crippen LogP contribution in [-0.2, 0) is 11.0 Å². The van der Waals surface area contributed by atoms with Crippen molar-refractivity contribution in [3.05, 3.63) is 66.0 Å². The highest BCUT2D eigenvalue weighted by atomic mass is 127. The Morgan fingerprint density at radius 3 is 2.52 bits per heavy atom. The van der Waals surface area contributed by atoms with Gasteiger partial charge in [0, 0.05) is 18.5 Å². The van der Waals surface area contributed by atoms with Gasteiger partial charge in [-0.3, -0.25) is 4.79 Å². The zero-order valence-corrected chi connectivity index (χ0v) is 19.6. The number of pyridine rings is 1. The predicted molar refractivity (Wildman–Crippen MR) is 127 cm³/mol. The Labute approximate surface area is 201 Å². The number of alkyl halides is 3. The minimum Gasteiger partial charge on any atom is -0.408 e. The fourth-order valence-electron chi connectivity index (χ4n) is 2.73. The molecule has 2 heterocycles. The van der Waals surface area contributed by atoms with Crippen molar-refractivity contribution in [3.8, 4) is 5.88 Å². The van der Waals surface area contributed by atoms with Gasteiger partial charge >= 0.3 is 6.18 Å². The highest BCUT2D eigenvalue weighted by Crippen LogP contribution is 2.37. The Bertz CT molecular complexity index is 1200. The van der Waals surface area contributed by atoms with E-state index in [4.69, 9.17) is 3.07 Å². The molecule has 3 aromatic rings. The summed E-state index contributed by atoms with van der Waals surface area (Å²) in [4.78, 5) is 23.7. The van der Waals surface area contributed by atoms with Crippen LogP contribution in [0.25, 0.3) is 0 Å². The van der Waals surface area contributed by atoms with Crippen LogP contribution in [0.5, 0.6) is 5.88 Å². The monoisotopic (exact) mass is 570 g/mol. The summed E-state index contributed by atoms with van der Waals surface area (Å²) in [6.45, 7) is 6.93. The third-order valence-electron chi connectivity index (χ3n) is 4.37. The summed E-state index contributed by atoms with van der Waals surface area (Å²) < 4.78 is 46.0. The maximum absolute atomic E-state index is 13.7. The number of carbonyl (C=O) groups is 1. The Hall–Kier alpha value is -3.42. The standard InChI is InChI=1S/C21H18F3IN6O2/c1-4-17(32)28-16-7-11(2)5-6-14(16)29-19-13(21(22,23)24)10-27-20(31-19)30-15-8-18(33-25)26-9-12(15)3/h4-10H,1H2,2-3H3,(H,28,32)(H2,26,27,29,30,31). The number of amides is 1. The molecule has 0 bridgehead atoms. The van der Waals surface area contributed by atoms with Crippen molar-refractivity contribution in [1.82, 2.24) is 15.0 Å². The molecule has 0 unspecified atom stereocenters. The van der Waals surface area contributed by atoms with E-state index in [9.17, 15) is 18.0 Å². The zero-order valence-electron chi connectivity index (χ0n) is 17.4. The molecule has 33 heavy (non-hydrogen) atoms. The molecule has 172 valence electrons. The summed E-state index contributed by atoms with van der Waals surface area (Å²) >= 11 is 1.67. The van der Waals surface area contributed by atoms with Gasteiger partial charge in [-0.05, 0) is 43.2 Å². The van der Waals surface area contributed by atoms with Crippen LogP contribution in [0.1, 0.15) is 16.7 Å². The van der Waals surface area contributed by atoms with Gasteiger partial charge in [-0.15, -0.1) is 0 Å². The number of nitrogens with zero attached hydrogens (tertiary/aromatic N) is 3. The smallest absolute Gasteiger partial charge is 0.408 e. The summed E-state index contributed by atoms with van der Waals surface area (Å²) in [5.74, 6) is -0.777. The number of aromatic nitrogens is 3. The fourth-order valence-corrected chi connectivity index (χ4v) is 2.97. The summed E-state index contributed by atoms with van der Waals surface area (Å²) in [5, 5.41) is 8.12. The zero-order chi connectivity index (χ0) is 24.2. The summed E-state index contributed by atoms with van der Waals surface area (Å²) in [6, 6.07) is 6.41. The number of aryl methyl sites for hydroxylation is 2. The number of benzene rings is 1. The molecule has 12 heteroatoms. The molecular formula is C21H18F3IN6O2. The van der Waals surface area contributed by atoms with Gasteiger partial charge in [-0.1, -0.05) is 12.6 Å². The summed E-state index contributed by atoms with van der Waals surface area (Å²) in [5.41, 5.74) is 1.43. The van der Waals surface area contributed by atoms with Gasteiger partial charge in [0.1, 0.15) is 11.4 Å². The maximum Gasteiger partial charge on any atom is 0.421 e. The lowest BCUT2D eigenvalue weighted by Gasteiger charge is -2.17. The Kier molecular flexibility index (Phi) is 7.36. The van der Waals surface area contributed by atoms with Gasteiger partial charge in [-0.2, -0.15) is 18.2 Å². The third-order valence-corrected chi connectivity index (χ3v) is 4.82. The van der Waals surface area contributed by atoms with Crippen LogP contribution < -0.4 is 19.0 Å². The molecule has 0 aliphatic carbocycles. The van der Waals surface area contributed by atoms with Crippen molar-refractivity contribution < 1.29 is 21.0 Å². The van der Waals surface area contributed by atoms with E-state index < -0.39 is 23.5 Å². The lowest BCUT2D eigenvalue weighted by Crippen LogP contribution is -2.14. The third kappa shape index (κ3) is 6.09. The minimum atomic E-state index is -4.72. The number of hydrogen-bond acceptors (Lipinski definition) is 7. The van der Waals surface area contributed by atoms with Gasteiger partial charge in [0.05, 0.1) is 17.1 Å². The molecule has 0 spiro atoms. The molecule has 2 aromatic heterocycles. The molecule has 0 saturated carbocycles. The average Bonchev–Trinajstić information content (AvgIpc) is 2.76. The van der Waals surface area contributed by atoms with Crippen molar-refractivity contribution in [2.45, 2.75) is 20.0 Å². The molecule has 0 radical (unpaired) electrons. The van der Waals surface area contributed by atoms with Crippen LogP contribution in [0.3, 0.4) is 0 Å². The van der Waals surface area contributed by atoms with Crippen LogP contribution >= 0.6 is 23.0 Å². The number of hydrogen-bond donors (Lipinski definition) is 3. The van der Waals surface area contributed by atoms with E-state index in [1.165, 1.54) is 0 Å². The normalized spacial score (nSPS) is 11.0. The highest BCUT2D eigenvalue weighted by Gasteiger charge is 2.35. The van der Waals surface area contributed by atoms with Gasteiger partial charge in [-0.25, -0.2) is 9.97 Å². The molecule has 1 aromatic carbocycles. The van der Waals surface area contributed by atoms with Crippen LogP contribution in [0.4, 0.5) is 42.0 Å². The van der Waals surface area contributed by atoms with Gasteiger partial charge in [0.25, 0.3) is 0 Å². The maximum atomic E-state index is 13.7. The molecule has 0 atom stereocenters. The quantitative estimate of drug-likeness (QED) is 0.242. The number of anilines is 5. The molecule has 3 rings (SSSR count). The van der Waals surface area contributed by atoms with E-state index >= 15 is 0 Å². The molecule has 8 nitrogen and oxygen atoms in total. The molecule has 0 fully saturated rings. The molecule has 0 aliphatic heterocycles. The number of nitrogens with one attached hydrogen (secondary N) is 3. The minimum absolute atomic E-state index is 0.0806. The first-order chi connectivity index (χ1) is 15.6. The Morgan fingerprint density at radius 2 is 1.85 bits per heavy atom. The van der Waals surface area contributed by atoms with Crippen molar-refractivity contribution in [1.29, 1.82) is 0 Å². The number of rotatable bonds is 7. The van der Waals surface area contributed by atoms with Crippen LogP contribution in [0.2, 0.25) is 0 Å². The number of halogens is 4. The molecule has 0 aliphatic rings. The van der Waals surface area contributed by atoms with E-state index in [1.54, 1.807) is 67.3 Å². The van der Waals surface area contributed by atoms with Crippen LogP contribution in [-0.4, -0.2) is 20.9 Å². The summed E-state index contributed by atoms with van der Waals surface area (Å²) in [7, 11) is 0. The lowest BCUT2D eigenvalue weighted by molar-refractivity contribution is -0.137. The largest absolute Gasteiger partial charge is 0.421 e. The average molecular weight is 570 g/mol. The molecular weight excluding hydrogens is 552 g/mol. The van der Waals surface area contributed by atoms with E-state index in [0.29, 0.717) is 23.3 Å². The van der Waals surface area contributed by atoms with Crippen molar-refractivity contribution >= 4 is 57.7 Å². The van der Waals surface area contributed by atoms with Gasteiger partial charge in [0.15, 0.2) is 23.0 Å². The van der Waals surface area contributed by atoms with Crippen molar-refractivity contribution in [3.63, 3.8) is 0 Å². The Morgan fingerprint density at radius 1 is 1.09 bits per heavy atom. The number of carbonyl (C=O) groups excluding carboxylic acids is 1. The van der Waals surface area contributed by atoms with Crippen molar-refractivity contribution in [2.75, 3.05) is 16.0 Å². The molecule has 1 amide bonds. The predicted octanol–water partition coefficient (Wildman–Crippen LogP) is 5.85. The fraction of sp³-hybridized carbons (Fsp3) is 0.143. The van der Waals surface area contributed by atoms with Crippen LogP contribution in [0.15, 0.2) is 49.3 Å². The first-order valence-corrected chi connectivity index (χ1v) is 10.3. The second-order valence-corrected chi connectivity index (χ2v) is 7.30. The van der Waals surface area contributed by atoms with E-state index in [2.05, 4.69) is 37.5 Å². The highest BCUT2D eigenvalue weighted by molar-refractivity contribution is 14.1. The summed E-state index contributed by atoms with van der Waals surface area (Å²) in [6.07, 6.45) is -1.43.